The van der Waals surface area contributed by atoms with Gasteiger partial charge in [-0.3, -0.25) is 5.10 Å². The number of oxazole rings is 1. The molecule has 3 heterocycles. The Bertz CT molecular complexity index is 1450. The predicted octanol–water partition coefficient (Wildman–Crippen LogP) is 5.22. The lowest BCUT2D eigenvalue weighted by Gasteiger charge is -2.01. The second kappa shape index (κ2) is 5.53. The van der Waals surface area contributed by atoms with E-state index in [9.17, 15) is 0 Å². The number of hydrogen-bond donors (Lipinski definition) is 2. The van der Waals surface area contributed by atoms with Crippen LogP contribution in [0.1, 0.15) is 5.69 Å². The molecule has 0 bridgehead atoms. The molecule has 0 aliphatic heterocycles. The Hall–Kier alpha value is -3.93. The standard InChI is InChI=1S/C22H15N5O/c1-12-15-10-13(6-8-16(15)27-26-12)14-7-9-19-20(11-14)28-22(25-19)21-23-17-4-2-3-5-18(17)24-21/h2-11H,1H3,(H,23,24)(H,26,27). The molecule has 2 N–H and O–H groups in total. The highest BCUT2D eigenvalue weighted by atomic mass is 16.3. The molecule has 6 heteroatoms. The maximum Gasteiger partial charge on any atom is 0.264 e. The lowest BCUT2D eigenvalue weighted by molar-refractivity contribution is 0.614. The molecule has 0 unspecified atom stereocenters. The van der Waals surface area contributed by atoms with Gasteiger partial charge in [0.25, 0.3) is 5.89 Å². The van der Waals surface area contributed by atoms with Crippen LogP contribution in [0.2, 0.25) is 0 Å². The van der Waals surface area contributed by atoms with Crippen LogP contribution in [0.5, 0.6) is 0 Å². The fraction of sp³-hybridized carbons (Fsp3) is 0.0455. The SMILES string of the molecule is Cc1[nH]nc2ccc(-c3ccc4nc(-c5nc6ccccc6[nH]5)oc4c3)cc12. The minimum Gasteiger partial charge on any atom is -0.434 e. The molecule has 3 aromatic heterocycles. The van der Waals surface area contributed by atoms with E-state index in [0.29, 0.717) is 11.7 Å². The number of nitrogens with zero attached hydrogens (tertiary/aromatic N) is 3. The molecule has 0 atom stereocenters. The molecule has 6 aromatic rings. The van der Waals surface area contributed by atoms with Crippen LogP contribution in [0, 0.1) is 6.92 Å². The maximum atomic E-state index is 6.02. The average Bonchev–Trinajstić information content (AvgIpc) is 3.43. The monoisotopic (exact) mass is 365 g/mol. The molecule has 0 fully saturated rings. The molecular formula is C22H15N5O. The summed E-state index contributed by atoms with van der Waals surface area (Å²) in [4.78, 5) is 12.4. The van der Waals surface area contributed by atoms with Crippen LogP contribution in [-0.4, -0.2) is 25.1 Å². The number of benzene rings is 3. The number of para-hydroxylation sites is 2. The fourth-order valence-corrected chi connectivity index (χ4v) is 3.58. The van der Waals surface area contributed by atoms with E-state index in [-0.39, 0.29) is 0 Å². The molecule has 0 radical (unpaired) electrons. The summed E-state index contributed by atoms with van der Waals surface area (Å²) in [6.45, 7) is 2.03. The van der Waals surface area contributed by atoms with Gasteiger partial charge in [-0.25, -0.2) is 9.97 Å². The third kappa shape index (κ3) is 2.24. The van der Waals surface area contributed by atoms with Gasteiger partial charge < -0.3 is 9.40 Å². The Morgan fingerprint density at radius 3 is 2.54 bits per heavy atom. The van der Waals surface area contributed by atoms with Crippen LogP contribution in [0.15, 0.2) is 65.1 Å². The zero-order chi connectivity index (χ0) is 18.7. The molecule has 3 aromatic carbocycles. The smallest absolute Gasteiger partial charge is 0.264 e. The van der Waals surface area contributed by atoms with Gasteiger partial charge in [-0.2, -0.15) is 5.10 Å². The van der Waals surface area contributed by atoms with Crippen molar-refractivity contribution in [3.05, 3.63) is 66.4 Å². The van der Waals surface area contributed by atoms with E-state index in [1.165, 1.54) is 0 Å². The molecule has 28 heavy (non-hydrogen) atoms. The zero-order valence-corrected chi connectivity index (χ0v) is 15.0. The number of aromatic nitrogens is 5. The lowest BCUT2D eigenvalue weighted by Crippen LogP contribution is -1.79. The average molecular weight is 365 g/mol. The van der Waals surface area contributed by atoms with Gasteiger partial charge in [-0.1, -0.05) is 24.3 Å². The van der Waals surface area contributed by atoms with Crippen LogP contribution in [0.3, 0.4) is 0 Å². The Morgan fingerprint density at radius 1 is 0.821 bits per heavy atom. The summed E-state index contributed by atoms with van der Waals surface area (Å²) in [5.41, 5.74) is 7.60. The molecule has 0 aliphatic carbocycles. The summed E-state index contributed by atoms with van der Waals surface area (Å²) in [5.74, 6) is 1.12. The fourth-order valence-electron chi connectivity index (χ4n) is 3.58. The third-order valence-corrected chi connectivity index (χ3v) is 5.06. The molecular weight excluding hydrogens is 350 g/mol. The van der Waals surface area contributed by atoms with Crippen molar-refractivity contribution < 1.29 is 4.42 Å². The molecule has 134 valence electrons. The maximum absolute atomic E-state index is 6.02. The number of H-pyrrole nitrogens is 2. The van der Waals surface area contributed by atoms with E-state index in [2.05, 4.69) is 43.3 Å². The summed E-state index contributed by atoms with van der Waals surface area (Å²) >= 11 is 0. The topological polar surface area (TPSA) is 83.4 Å². The van der Waals surface area contributed by atoms with Gasteiger partial charge in [0, 0.05) is 11.1 Å². The van der Waals surface area contributed by atoms with E-state index in [1.807, 2.05) is 49.4 Å². The molecule has 0 spiro atoms. The van der Waals surface area contributed by atoms with Gasteiger partial charge >= 0.3 is 0 Å². The van der Waals surface area contributed by atoms with Crippen molar-refractivity contribution in [2.45, 2.75) is 6.92 Å². The summed E-state index contributed by atoms with van der Waals surface area (Å²) in [6.07, 6.45) is 0. The van der Waals surface area contributed by atoms with Gasteiger partial charge in [-0.05, 0) is 54.4 Å². The largest absolute Gasteiger partial charge is 0.434 e. The first-order valence-corrected chi connectivity index (χ1v) is 9.05. The minimum atomic E-state index is 0.490. The van der Waals surface area contributed by atoms with Crippen LogP contribution >= 0.6 is 0 Å². The highest BCUT2D eigenvalue weighted by Gasteiger charge is 2.13. The summed E-state index contributed by atoms with van der Waals surface area (Å²) in [7, 11) is 0. The van der Waals surface area contributed by atoms with E-state index >= 15 is 0 Å². The normalized spacial score (nSPS) is 11.8. The second-order valence-electron chi connectivity index (χ2n) is 6.88. The van der Waals surface area contributed by atoms with Crippen molar-refractivity contribution in [2.75, 3.05) is 0 Å². The number of nitrogens with one attached hydrogen (secondary N) is 2. The van der Waals surface area contributed by atoms with Crippen LogP contribution in [-0.2, 0) is 0 Å². The number of aryl methyl sites for hydroxylation is 1. The molecule has 0 saturated heterocycles. The van der Waals surface area contributed by atoms with Gasteiger partial charge in [0.1, 0.15) is 5.52 Å². The van der Waals surface area contributed by atoms with Gasteiger partial charge in [0.15, 0.2) is 11.4 Å². The van der Waals surface area contributed by atoms with Crippen LogP contribution in [0.25, 0.3) is 55.9 Å². The predicted molar refractivity (Wildman–Crippen MR) is 109 cm³/mol. The Kier molecular flexibility index (Phi) is 3.00. The van der Waals surface area contributed by atoms with Gasteiger partial charge in [-0.15, -0.1) is 0 Å². The first-order valence-electron chi connectivity index (χ1n) is 9.05. The number of fused-ring (bicyclic) bond motifs is 3. The molecule has 0 saturated carbocycles. The van der Waals surface area contributed by atoms with Crippen molar-refractivity contribution in [3.8, 4) is 22.8 Å². The molecule has 0 amide bonds. The van der Waals surface area contributed by atoms with Crippen LogP contribution in [0.4, 0.5) is 0 Å². The van der Waals surface area contributed by atoms with E-state index < -0.39 is 0 Å². The molecule has 6 rings (SSSR count). The summed E-state index contributed by atoms with van der Waals surface area (Å²) in [6, 6.07) is 20.2. The minimum absolute atomic E-state index is 0.490. The zero-order valence-electron chi connectivity index (χ0n) is 15.0. The van der Waals surface area contributed by atoms with Crippen LogP contribution < -0.4 is 0 Å². The second-order valence-corrected chi connectivity index (χ2v) is 6.88. The van der Waals surface area contributed by atoms with Crippen molar-refractivity contribution in [2.24, 2.45) is 0 Å². The van der Waals surface area contributed by atoms with Gasteiger partial charge in [0.05, 0.1) is 16.6 Å². The molecule has 0 aliphatic rings. The highest BCUT2D eigenvalue weighted by Crippen LogP contribution is 2.30. The number of rotatable bonds is 2. The number of aromatic amines is 2. The van der Waals surface area contributed by atoms with Crippen molar-refractivity contribution in [1.29, 1.82) is 0 Å². The summed E-state index contributed by atoms with van der Waals surface area (Å²) < 4.78 is 6.02. The Balaban J connectivity index is 1.46. The third-order valence-electron chi connectivity index (χ3n) is 5.06. The quantitative estimate of drug-likeness (QED) is 0.440. The first kappa shape index (κ1) is 15.2. The summed E-state index contributed by atoms with van der Waals surface area (Å²) in [5, 5.41) is 8.45. The van der Waals surface area contributed by atoms with Crippen molar-refractivity contribution in [1.82, 2.24) is 25.1 Å². The molecule has 6 nitrogen and oxygen atoms in total. The van der Waals surface area contributed by atoms with Crippen molar-refractivity contribution >= 4 is 33.0 Å². The van der Waals surface area contributed by atoms with Gasteiger partial charge in [0.2, 0.25) is 0 Å². The Morgan fingerprint density at radius 2 is 1.64 bits per heavy atom. The van der Waals surface area contributed by atoms with E-state index in [1.54, 1.807) is 0 Å². The number of hydrogen-bond acceptors (Lipinski definition) is 4. The first-order chi connectivity index (χ1) is 13.7. The van der Waals surface area contributed by atoms with Crippen molar-refractivity contribution in [3.63, 3.8) is 0 Å². The lowest BCUT2D eigenvalue weighted by atomic mass is 10.0. The Labute approximate surface area is 159 Å². The van der Waals surface area contributed by atoms with E-state index in [4.69, 9.17) is 4.42 Å². The highest BCUT2D eigenvalue weighted by molar-refractivity contribution is 5.89. The van der Waals surface area contributed by atoms with E-state index in [0.717, 1.165) is 49.9 Å². The number of imidazole rings is 1.